The van der Waals surface area contributed by atoms with E-state index in [0.717, 1.165) is 48.8 Å². The quantitative estimate of drug-likeness (QED) is 0.237. The van der Waals surface area contributed by atoms with E-state index in [9.17, 15) is 4.79 Å². The molecule has 1 aliphatic heterocycles. The minimum atomic E-state index is -0.0120. The first-order valence-electron chi connectivity index (χ1n) is 12.5. The van der Waals surface area contributed by atoms with Gasteiger partial charge in [0.05, 0.1) is 5.71 Å². The minimum Gasteiger partial charge on any atom is -0.492 e. The molecule has 1 aromatic rings. The molecule has 1 aliphatic rings. The number of ketones is 1. The van der Waals surface area contributed by atoms with E-state index in [4.69, 9.17) is 4.74 Å². The first-order valence-corrected chi connectivity index (χ1v) is 12.5. The summed E-state index contributed by atoms with van der Waals surface area (Å²) in [6, 6.07) is 6.31. The number of aryl methyl sites for hydroxylation is 2. The number of carbonyl (C=O) groups excluding carboxylic acids is 1. The Bertz CT molecular complexity index is 991. The van der Waals surface area contributed by atoms with Gasteiger partial charge in [-0.2, -0.15) is 0 Å². The molecule has 0 spiro atoms. The normalized spacial score (nSPS) is 15.9. The van der Waals surface area contributed by atoms with Crippen LogP contribution in [0.15, 0.2) is 83.4 Å². The van der Waals surface area contributed by atoms with Crippen LogP contribution in [0.4, 0.5) is 0 Å². The molecule has 0 atom stereocenters. The second kappa shape index (κ2) is 16.6. The van der Waals surface area contributed by atoms with Crippen molar-refractivity contribution in [2.75, 3.05) is 53.4 Å². The third-order valence-electron chi connectivity index (χ3n) is 6.05. The Balaban J connectivity index is 0.000000360. The summed E-state index contributed by atoms with van der Waals surface area (Å²) in [7, 11) is 3.88. The highest BCUT2D eigenvalue weighted by Crippen LogP contribution is 2.16. The molecule has 1 aromatic carbocycles. The lowest BCUT2D eigenvalue weighted by Crippen LogP contribution is -2.45. The number of likely N-dealkylation sites (N-methyl/N-ethyl adjacent to an activating group) is 1. The summed E-state index contributed by atoms with van der Waals surface area (Å²) >= 11 is 0. The molecular weight excluding hydrogens is 446 g/mol. The lowest BCUT2D eigenvalue weighted by molar-refractivity contribution is -0.113. The van der Waals surface area contributed by atoms with Crippen LogP contribution in [0.1, 0.15) is 31.9 Å². The van der Waals surface area contributed by atoms with Crippen molar-refractivity contribution in [1.29, 1.82) is 0 Å². The van der Waals surface area contributed by atoms with Crippen molar-refractivity contribution in [3.63, 3.8) is 0 Å². The number of ether oxygens (including phenoxy) is 1. The highest BCUT2D eigenvalue weighted by molar-refractivity contribution is 6.15. The van der Waals surface area contributed by atoms with E-state index >= 15 is 0 Å². The Hall–Kier alpha value is -3.02. The van der Waals surface area contributed by atoms with Gasteiger partial charge in [0.2, 0.25) is 0 Å². The molecule has 0 N–H and O–H groups in total. The zero-order valence-electron chi connectivity index (χ0n) is 23.4. The van der Waals surface area contributed by atoms with Crippen molar-refractivity contribution in [1.82, 2.24) is 9.80 Å². The van der Waals surface area contributed by atoms with E-state index in [1.165, 1.54) is 31.1 Å². The Morgan fingerprint density at radius 3 is 2.31 bits per heavy atom. The number of rotatable bonds is 10. The molecule has 36 heavy (non-hydrogen) atoms. The molecule has 196 valence electrons. The van der Waals surface area contributed by atoms with E-state index in [2.05, 4.69) is 67.0 Å². The van der Waals surface area contributed by atoms with E-state index in [-0.39, 0.29) is 5.78 Å². The summed E-state index contributed by atoms with van der Waals surface area (Å²) in [5, 5.41) is 0. The fraction of sp³-hybridized carbons (Fsp3) is 0.419. The topological polar surface area (TPSA) is 45.1 Å². The fourth-order valence-corrected chi connectivity index (χ4v) is 3.64. The van der Waals surface area contributed by atoms with Crippen molar-refractivity contribution < 1.29 is 9.53 Å². The number of piperazine rings is 1. The van der Waals surface area contributed by atoms with Gasteiger partial charge < -0.3 is 9.64 Å². The number of allylic oxidation sites excluding steroid dienone is 8. The molecule has 1 fully saturated rings. The highest BCUT2D eigenvalue weighted by atomic mass is 16.5. The molecule has 1 saturated heterocycles. The lowest BCUT2D eigenvalue weighted by Gasteiger charge is -2.32. The number of carbonyl (C=O) groups is 1. The molecule has 0 unspecified atom stereocenters. The number of aliphatic imine (C=N–C) groups is 1. The maximum Gasteiger partial charge on any atom is 0.160 e. The smallest absolute Gasteiger partial charge is 0.160 e. The van der Waals surface area contributed by atoms with E-state index in [1.807, 2.05) is 32.1 Å². The van der Waals surface area contributed by atoms with Crippen LogP contribution in [0, 0.1) is 13.8 Å². The lowest BCUT2D eigenvalue weighted by atomic mass is 10.00. The van der Waals surface area contributed by atoms with Crippen molar-refractivity contribution in [3.05, 3.63) is 89.6 Å². The summed E-state index contributed by atoms with van der Waals surface area (Å²) < 4.78 is 5.82. The molecule has 0 saturated carbocycles. The first kappa shape index (κ1) is 31.0. The van der Waals surface area contributed by atoms with Gasteiger partial charge in [0.15, 0.2) is 5.78 Å². The van der Waals surface area contributed by atoms with Gasteiger partial charge in [-0.05, 0) is 82.1 Å². The maximum absolute atomic E-state index is 11.5. The molecular formula is C31H45N3O2. The molecule has 5 nitrogen and oxygen atoms in total. The summed E-state index contributed by atoms with van der Waals surface area (Å²) in [6.45, 7) is 23.5. The average Bonchev–Trinajstić information content (AvgIpc) is 2.83. The molecule has 0 aliphatic carbocycles. The molecule has 1 heterocycles. The monoisotopic (exact) mass is 491 g/mol. The number of hydrogen-bond donors (Lipinski definition) is 0. The van der Waals surface area contributed by atoms with Crippen LogP contribution in [0.2, 0.25) is 0 Å². The van der Waals surface area contributed by atoms with E-state index < -0.39 is 0 Å². The predicted molar refractivity (Wildman–Crippen MR) is 155 cm³/mol. The third kappa shape index (κ3) is 11.1. The zero-order chi connectivity index (χ0) is 27.1. The van der Waals surface area contributed by atoms with Crippen LogP contribution < -0.4 is 4.74 Å². The van der Waals surface area contributed by atoms with Crippen molar-refractivity contribution >= 4 is 11.5 Å². The van der Waals surface area contributed by atoms with Crippen LogP contribution in [-0.2, 0) is 4.79 Å². The van der Waals surface area contributed by atoms with Gasteiger partial charge in [0, 0.05) is 45.3 Å². The summed E-state index contributed by atoms with van der Waals surface area (Å²) in [5.41, 5.74) is 5.60. The van der Waals surface area contributed by atoms with Crippen LogP contribution in [-0.4, -0.2) is 74.7 Å². The van der Waals surface area contributed by atoms with Gasteiger partial charge in [-0.1, -0.05) is 43.5 Å². The van der Waals surface area contributed by atoms with Crippen LogP contribution in [0.3, 0.4) is 0 Å². The minimum absolute atomic E-state index is 0.0120. The average molecular weight is 492 g/mol. The molecule has 0 amide bonds. The number of benzene rings is 1. The fourth-order valence-electron chi connectivity index (χ4n) is 3.64. The largest absolute Gasteiger partial charge is 0.492 e. The highest BCUT2D eigenvalue weighted by Gasteiger charge is 2.13. The predicted octanol–water partition coefficient (Wildman–Crippen LogP) is 5.77. The standard InChI is InChI=1S/C16H21NO.C15H24N2O/c1-7-9-14(10-8-2)16(17-6)11-15(12(3)4)13(5)18;1-13-4-5-15(12-14(13)2)18-11-10-17-8-6-16(3)7-9-17/h7-11H,1,3H2,2,4-6H3;4-5,12H,6-11H2,1-3H3/b10-8-,14-9+,15-11-,17-16?;. The Morgan fingerprint density at radius 2 is 1.81 bits per heavy atom. The summed E-state index contributed by atoms with van der Waals surface area (Å²) in [4.78, 5) is 20.6. The summed E-state index contributed by atoms with van der Waals surface area (Å²) in [6.07, 6.45) is 9.16. The molecule has 5 heteroatoms. The molecule has 0 bridgehead atoms. The molecule has 0 radical (unpaired) electrons. The molecule has 0 aromatic heterocycles. The maximum atomic E-state index is 11.5. The third-order valence-corrected chi connectivity index (χ3v) is 6.05. The Kier molecular flexibility index (Phi) is 14.3. The number of hydrogen-bond acceptors (Lipinski definition) is 5. The molecule has 2 rings (SSSR count). The SMILES string of the molecule is C=C/C=C(\C=C/C)C(/C=C(/C(=C)C)C(C)=O)=NC.Cc1ccc(OCCN2CCN(C)CC2)cc1C. The Labute approximate surface area is 219 Å². The van der Waals surface area contributed by atoms with Crippen molar-refractivity contribution in [2.24, 2.45) is 4.99 Å². The van der Waals surface area contributed by atoms with Gasteiger partial charge in [0.1, 0.15) is 12.4 Å². The van der Waals surface area contributed by atoms with E-state index in [1.54, 1.807) is 19.2 Å². The van der Waals surface area contributed by atoms with Crippen LogP contribution in [0.25, 0.3) is 0 Å². The van der Waals surface area contributed by atoms with Gasteiger partial charge in [0.25, 0.3) is 0 Å². The van der Waals surface area contributed by atoms with Gasteiger partial charge in [-0.3, -0.25) is 14.7 Å². The van der Waals surface area contributed by atoms with Gasteiger partial charge in [-0.25, -0.2) is 0 Å². The van der Waals surface area contributed by atoms with Crippen LogP contribution in [0.5, 0.6) is 5.75 Å². The van der Waals surface area contributed by atoms with Gasteiger partial charge >= 0.3 is 0 Å². The van der Waals surface area contributed by atoms with E-state index in [0.29, 0.717) is 5.57 Å². The van der Waals surface area contributed by atoms with Gasteiger partial charge in [-0.15, -0.1) is 0 Å². The summed E-state index contributed by atoms with van der Waals surface area (Å²) in [5.74, 6) is 0.981. The Morgan fingerprint density at radius 1 is 1.14 bits per heavy atom. The number of nitrogens with zero attached hydrogens (tertiary/aromatic N) is 3. The van der Waals surface area contributed by atoms with Crippen LogP contribution >= 0.6 is 0 Å². The zero-order valence-corrected chi connectivity index (χ0v) is 23.4. The second-order valence-corrected chi connectivity index (χ2v) is 9.10. The first-order chi connectivity index (χ1) is 17.1. The second-order valence-electron chi connectivity index (χ2n) is 9.10. The van der Waals surface area contributed by atoms with Crippen molar-refractivity contribution in [2.45, 2.75) is 34.6 Å². The van der Waals surface area contributed by atoms with Crippen molar-refractivity contribution in [3.8, 4) is 5.75 Å². The number of Topliss-reactive ketones (excluding diaryl/α,β-unsaturated/α-hetero) is 1.